The molecule has 0 radical (unpaired) electrons. The van der Waals surface area contributed by atoms with Crippen LogP contribution in [0.25, 0.3) is 5.69 Å². The van der Waals surface area contributed by atoms with Gasteiger partial charge in [0.15, 0.2) is 5.11 Å². The van der Waals surface area contributed by atoms with Gasteiger partial charge in [0.05, 0.1) is 31.3 Å². The monoisotopic (exact) mass is 477 g/mol. The molecule has 0 unspecified atom stereocenters. The van der Waals surface area contributed by atoms with E-state index < -0.39 is 0 Å². The van der Waals surface area contributed by atoms with Crippen LogP contribution < -0.4 is 10.2 Å². The number of rotatable bonds is 7. The van der Waals surface area contributed by atoms with Gasteiger partial charge >= 0.3 is 5.97 Å². The molecule has 8 heteroatoms. The van der Waals surface area contributed by atoms with Gasteiger partial charge in [-0.1, -0.05) is 6.07 Å². The predicted molar refractivity (Wildman–Crippen MR) is 138 cm³/mol. The lowest BCUT2D eigenvalue weighted by Gasteiger charge is -2.28. The summed E-state index contributed by atoms with van der Waals surface area (Å²) in [5.74, 6) is -0.255. The lowest BCUT2D eigenvalue weighted by Crippen LogP contribution is -2.32. The molecule has 2 aromatic heterocycles. The van der Waals surface area contributed by atoms with Crippen LogP contribution in [-0.2, 0) is 9.53 Å². The van der Waals surface area contributed by atoms with Crippen LogP contribution in [0.5, 0.6) is 0 Å². The van der Waals surface area contributed by atoms with Gasteiger partial charge in [0.2, 0.25) is 0 Å². The third-order valence-corrected chi connectivity index (χ3v) is 6.75. The SMILES string of the molecule is COC(=O)CCN1C(=S)N[C@H](c2ccccn2)[C@@H]1c1cc(C)n(-c2ccc(N(C)C)cc2)c1C. The highest BCUT2D eigenvalue weighted by atomic mass is 32.1. The second kappa shape index (κ2) is 9.85. The number of hydrogen-bond acceptors (Lipinski definition) is 5. The number of aromatic nitrogens is 2. The largest absolute Gasteiger partial charge is 0.469 e. The van der Waals surface area contributed by atoms with Crippen molar-refractivity contribution in [2.75, 3.05) is 32.6 Å². The lowest BCUT2D eigenvalue weighted by atomic mass is 9.96. The molecule has 1 N–H and O–H groups in total. The fraction of sp³-hybridized carbons (Fsp3) is 0.346. The molecule has 0 spiro atoms. The molecule has 178 valence electrons. The van der Waals surface area contributed by atoms with E-state index >= 15 is 0 Å². The van der Waals surface area contributed by atoms with Crippen molar-refractivity contribution in [2.24, 2.45) is 0 Å². The van der Waals surface area contributed by atoms with Crippen LogP contribution in [0.15, 0.2) is 54.7 Å². The van der Waals surface area contributed by atoms with Gasteiger partial charge in [-0.3, -0.25) is 9.78 Å². The van der Waals surface area contributed by atoms with Crippen LogP contribution in [0.3, 0.4) is 0 Å². The highest BCUT2D eigenvalue weighted by molar-refractivity contribution is 7.80. The molecular weight excluding hydrogens is 446 g/mol. The molecule has 0 amide bonds. The fourth-order valence-corrected chi connectivity index (χ4v) is 5.01. The predicted octanol–water partition coefficient (Wildman–Crippen LogP) is 4.09. The molecule has 4 rings (SSSR count). The maximum atomic E-state index is 11.9. The molecule has 34 heavy (non-hydrogen) atoms. The minimum Gasteiger partial charge on any atom is -0.469 e. The summed E-state index contributed by atoms with van der Waals surface area (Å²) in [5, 5.41) is 4.07. The Kier molecular flexibility index (Phi) is 6.88. The number of ether oxygens (including phenoxy) is 1. The number of carbonyl (C=O) groups is 1. The zero-order chi connectivity index (χ0) is 24.4. The molecule has 1 saturated heterocycles. The summed E-state index contributed by atoms with van der Waals surface area (Å²) in [7, 11) is 5.48. The first kappa shape index (κ1) is 23.8. The Morgan fingerprint density at radius 2 is 1.91 bits per heavy atom. The summed E-state index contributed by atoms with van der Waals surface area (Å²) >= 11 is 5.72. The third-order valence-electron chi connectivity index (χ3n) is 6.40. The number of benzene rings is 1. The lowest BCUT2D eigenvalue weighted by molar-refractivity contribution is -0.140. The van der Waals surface area contributed by atoms with Crippen molar-refractivity contribution in [3.63, 3.8) is 0 Å². The molecule has 1 fully saturated rings. The second-order valence-electron chi connectivity index (χ2n) is 8.72. The van der Waals surface area contributed by atoms with Crippen molar-refractivity contribution in [3.8, 4) is 5.69 Å². The van der Waals surface area contributed by atoms with Crippen LogP contribution in [0.2, 0.25) is 0 Å². The smallest absolute Gasteiger partial charge is 0.307 e. The molecule has 3 heterocycles. The van der Waals surface area contributed by atoms with Gasteiger partial charge in [0.25, 0.3) is 0 Å². The maximum Gasteiger partial charge on any atom is 0.307 e. The Morgan fingerprint density at radius 3 is 2.53 bits per heavy atom. The number of carbonyl (C=O) groups excluding carboxylic acids is 1. The Labute approximate surface area is 206 Å². The Morgan fingerprint density at radius 1 is 1.18 bits per heavy atom. The molecule has 0 aliphatic carbocycles. The molecule has 3 aromatic rings. The van der Waals surface area contributed by atoms with E-state index in [1.165, 1.54) is 7.11 Å². The summed E-state index contributed by atoms with van der Waals surface area (Å²) in [4.78, 5) is 20.7. The number of thiocarbonyl (C=S) groups is 1. The standard InChI is InChI=1S/C26H31N5O2S/c1-17-16-21(18(2)31(17)20-11-9-19(10-12-20)29(3)4)25-24(22-8-6-7-14-27-22)28-26(34)30(25)15-13-23(32)33-5/h6-12,14,16,24-25H,13,15H2,1-5H3,(H,28,34)/t24-,25+/m1/s1. The highest BCUT2D eigenvalue weighted by Gasteiger charge is 2.41. The quantitative estimate of drug-likeness (QED) is 0.406. The van der Waals surface area contributed by atoms with Gasteiger partial charge < -0.3 is 24.4 Å². The Balaban J connectivity index is 1.77. The van der Waals surface area contributed by atoms with Crippen molar-refractivity contribution in [3.05, 3.63) is 77.4 Å². The number of anilines is 1. The highest BCUT2D eigenvalue weighted by Crippen LogP contribution is 2.41. The summed E-state index contributed by atoms with van der Waals surface area (Å²) in [6.07, 6.45) is 2.05. The molecule has 2 atom stereocenters. The van der Waals surface area contributed by atoms with Gasteiger partial charge in [-0.25, -0.2) is 0 Å². The van der Waals surface area contributed by atoms with E-state index in [2.05, 4.69) is 68.8 Å². The van der Waals surface area contributed by atoms with E-state index in [1.54, 1.807) is 6.20 Å². The second-order valence-corrected chi connectivity index (χ2v) is 9.11. The summed E-state index contributed by atoms with van der Waals surface area (Å²) in [5.41, 5.74) is 6.60. The fourth-order valence-electron chi connectivity index (χ4n) is 4.68. The molecule has 0 saturated carbocycles. The van der Waals surface area contributed by atoms with Crippen LogP contribution in [-0.4, -0.2) is 53.3 Å². The Bertz CT molecular complexity index is 1170. The number of aryl methyl sites for hydroxylation is 1. The van der Waals surface area contributed by atoms with Crippen molar-refractivity contribution in [1.82, 2.24) is 19.8 Å². The molecule has 1 aliphatic rings. The van der Waals surface area contributed by atoms with E-state index in [1.807, 2.05) is 32.3 Å². The van der Waals surface area contributed by atoms with Crippen molar-refractivity contribution in [1.29, 1.82) is 0 Å². The first-order valence-electron chi connectivity index (χ1n) is 11.3. The van der Waals surface area contributed by atoms with Gasteiger partial charge in [0, 0.05) is 49.6 Å². The zero-order valence-electron chi connectivity index (χ0n) is 20.3. The van der Waals surface area contributed by atoms with E-state index in [9.17, 15) is 4.79 Å². The summed E-state index contributed by atoms with van der Waals surface area (Å²) in [6.45, 7) is 4.72. The Hall–Kier alpha value is -3.39. The summed E-state index contributed by atoms with van der Waals surface area (Å²) < 4.78 is 7.15. The third kappa shape index (κ3) is 4.50. The van der Waals surface area contributed by atoms with Gasteiger partial charge in [-0.05, 0) is 74.1 Å². The van der Waals surface area contributed by atoms with Crippen molar-refractivity contribution < 1.29 is 9.53 Å². The van der Waals surface area contributed by atoms with Gasteiger partial charge in [0.1, 0.15) is 0 Å². The molecule has 7 nitrogen and oxygen atoms in total. The number of esters is 1. The van der Waals surface area contributed by atoms with Crippen molar-refractivity contribution >= 4 is 29.0 Å². The average Bonchev–Trinajstić information content (AvgIpc) is 3.32. The maximum absolute atomic E-state index is 11.9. The van der Waals surface area contributed by atoms with Crippen molar-refractivity contribution in [2.45, 2.75) is 32.4 Å². The van der Waals surface area contributed by atoms with Crippen LogP contribution in [0.4, 0.5) is 5.69 Å². The van der Waals surface area contributed by atoms with E-state index in [0.717, 1.165) is 34.0 Å². The summed E-state index contributed by atoms with van der Waals surface area (Å²) in [6, 6.07) is 16.4. The number of pyridine rings is 1. The minimum absolute atomic E-state index is 0.104. The molecule has 1 aliphatic heterocycles. The first-order valence-corrected chi connectivity index (χ1v) is 11.7. The van der Waals surface area contributed by atoms with Gasteiger partial charge in [-0.15, -0.1) is 0 Å². The topological polar surface area (TPSA) is 62.6 Å². The number of hydrogen-bond donors (Lipinski definition) is 1. The van der Waals surface area contributed by atoms with Crippen LogP contribution >= 0.6 is 12.2 Å². The number of nitrogens with one attached hydrogen (secondary N) is 1. The molecule has 1 aromatic carbocycles. The zero-order valence-corrected chi connectivity index (χ0v) is 21.1. The average molecular weight is 478 g/mol. The normalized spacial score (nSPS) is 17.6. The molecule has 0 bridgehead atoms. The number of nitrogens with zero attached hydrogens (tertiary/aromatic N) is 4. The van der Waals surface area contributed by atoms with E-state index in [-0.39, 0.29) is 24.5 Å². The molecular formula is C26H31N5O2S. The van der Waals surface area contributed by atoms with E-state index in [4.69, 9.17) is 17.0 Å². The van der Waals surface area contributed by atoms with Crippen LogP contribution in [0.1, 0.15) is 41.1 Å². The number of methoxy groups -OCH3 is 1. The van der Waals surface area contributed by atoms with Crippen LogP contribution in [0, 0.1) is 13.8 Å². The van der Waals surface area contributed by atoms with E-state index in [0.29, 0.717) is 11.7 Å². The van der Waals surface area contributed by atoms with Gasteiger partial charge in [-0.2, -0.15) is 0 Å². The minimum atomic E-state index is -0.255. The first-order chi connectivity index (χ1) is 16.3.